The van der Waals surface area contributed by atoms with E-state index >= 15 is 0 Å². The Bertz CT molecular complexity index is 567. The second kappa shape index (κ2) is 6.69. The van der Waals surface area contributed by atoms with Crippen molar-refractivity contribution in [2.45, 2.75) is 11.8 Å². The van der Waals surface area contributed by atoms with Crippen LogP contribution in [-0.4, -0.2) is 27.4 Å². The van der Waals surface area contributed by atoms with Gasteiger partial charge in [0.05, 0.1) is 5.69 Å². The molecule has 1 aromatic carbocycles. The Kier molecular flexibility index (Phi) is 5.78. The average Bonchev–Trinajstić information content (AvgIpc) is 2.22. The highest BCUT2D eigenvalue weighted by atomic mass is 79.9. The Hall–Kier alpha value is -0.640. The molecule has 0 aromatic heterocycles. The predicted molar refractivity (Wildman–Crippen MR) is 80.1 cm³/mol. The summed E-state index contributed by atoms with van der Waals surface area (Å²) in [4.78, 5) is 10.6. The SMILES string of the molecule is CC(=O)NCCNS(=O)(=O)c1c(N)cc(Br)cc1Br. The van der Waals surface area contributed by atoms with Gasteiger partial charge in [-0.25, -0.2) is 13.1 Å². The molecule has 6 nitrogen and oxygen atoms in total. The first-order chi connectivity index (χ1) is 8.74. The van der Waals surface area contributed by atoms with E-state index in [-0.39, 0.29) is 29.6 Å². The molecule has 0 unspecified atom stereocenters. The van der Waals surface area contributed by atoms with Crippen LogP contribution in [0, 0.1) is 0 Å². The van der Waals surface area contributed by atoms with Gasteiger partial charge >= 0.3 is 0 Å². The molecule has 0 aliphatic heterocycles. The van der Waals surface area contributed by atoms with Gasteiger partial charge in [-0.05, 0) is 28.1 Å². The van der Waals surface area contributed by atoms with Gasteiger partial charge in [-0.1, -0.05) is 15.9 Å². The Morgan fingerprint density at radius 1 is 1.32 bits per heavy atom. The molecular formula is C10H13Br2N3O3S. The Labute approximate surface area is 128 Å². The molecule has 1 aromatic rings. The van der Waals surface area contributed by atoms with Crippen molar-refractivity contribution in [1.29, 1.82) is 0 Å². The summed E-state index contributed by atoms with van der Waals surface area (Å²) in [5.41, 5.74) is 5.84. The third-order valence-corrected chi connectivity index (χ3v) is 5.02. The summed E-state index contributed by atoms with van der Waals surface area (Å²) >= 11 is 6.39. The third kappa shape index (κ3) is 4.75. The van der Waals surface area contributed by atoms with E-state index in [4.69, 9.17) is 5.73 Å². The maximum atomic E-state index is 12.1. The van der Waals surface area contributed by atoms with Crippen LogP contribution in [0.4, 0.5) is 5.69 Å². The zero-order chi connectivity index (χ0) is 14.6. The molecule has 19 heavy (non-hydrogen) atoms. The summed E-state index contributed by atoms with van der Waals surface area (Å²) in [6, 6.07) is 3.10. The monoisotopic (exact) mass is 413 g/mol. The van der Waals surface area contributed by atoms with Crippen molar-refractivity contribution in [1.82, 2.24) is 10.0 Å². The highest BCUT2D eigenvalue weighted by molar-refractivity contribution is 9.11. The molecule has 0 heterocycles. The normalized spacial score (nSPS) is 11.3. The van der Waals surface area contributed by atoms with E-state index in [1.807, 2.05) is 0 Å². The fourth-order valence-corrected chi connectivity index (χ4v) is 4.46. The van der Waals surface area contributed by atoms with Gasteiger partial charge in [-0.3, -0.25) is 4.79 Å². The van der Waals surface area contributed by atoms with Crippen LogP contribution < -0.4 is 15.8 Å². The second-order valence-electron chi connectivity index (χ2n) is 3.69. The van der Waals surface area contributed by atoms with E-state index in [0.717, 1.165) is 0 Å². The number of carbonyl (C=O) groups excluding carboxylic acids is 1. The lowest BCUT2D eigenvalue weighted by Crippen LogP contribution is -2.34. The number of carbonyl (C=O) groups is 1. The summed E-state index contributed by atoms with van der Waals surface area (Å²) in [5, 5.41) is 2.49. The van der Waals surface area contributed by atoms with Gasteiger partial charge in [0.2, 0.25) is 15.9 Å². The van der Waals surface area contributed by atoms with Crippen molar-refractivity contribution in [3.05, 3.63) is 21.1 Å². The van der Waals surface area contributed by atoms with Gasteiger partial charge in [0.15, 0.2) is 0 Å². The number of nitrogens with two attached hydrogens (primary N) is 1. The van der Waals surface area contributed by atoms with Gasteiger partial charge < -0.3 is 11.1 Å². The first-order valence-electron chi connectivity index (χ1n) is 5.22. The van der Waals surface area contributed by atoms with E-state index in [2.05, 4.69) is 41.9 Å². The number of nitrogen functional groups attached to an aromatic ring is 1. The fraction of sp³-hybridized carbons (Fsp3) is 0.300. The molecule has 0 aliphatic rings. The van der Waals surface area contributed by atoms with E-state index < -0.39 is 10.0 Å². The smallest absolute Gasteiger partial charge is 0.243 e. The Morgan fingerprint density at radius 2 is 1.95 bits per heavy atom. The Balaban J connectivity index is 2.86. The molecule has 0 fully saturated rings. The fourth-order valence-electron chi connectivity index (χ4n) is 1.36. The Morgan fingerprint density at radius 3 is 2.47 bits per heavy atom. The van der Waals surface area contributed by atoms with E-state index in [9.17, 15) is 13.2 Å². The van der Waals surface area contributed by atoms with Crippen molar-refractivity contribution >= 4 is 53.5 Å². The first kappa shape index (κ1) is 16.4. The number of benzene rings is 1. The molecule has 0 saturated carbocycles. The van der Waals surface area contributed by atoms with Crippen LogP contribution in [0.1, 0.15) is 6.92 Å². The highest BCUT2D eigenvalue weighted by Crippen LogP contribution is 2.31. The van der Waals surface area contributed by atoms with E-state index in [0.29, 0.717) is 8.95 Å². The van der Waals surface area contributed by atoms with Crippen molar-refractivity contribution in [3.63, 3.8) is 0 Å². The van der Waals surface area contributed by atoms with Gasteiger partial charge in [-0.2, -0.15) is 0 Å². The second-order valence-corrected chi connectivity index (χ2v) is 7.16. The summed E-state index contributed by atoms with van der Waals surface area (Å²) in [6.07, 6.45) is 0. The molecule has 0 spiro atoms. The van der Waals surface area contributed by atoms with Gasteiger partial charge in [-0.15, -0.1) is 0 Å². The van der Waals surface area contributed by atoms with Crippen LogP contribution in [-0.2, 0) is 14.8 Å². The van der Waals surface area contributed by atoms with Crippen LogP contribution in [0.25, 0.3) is 0 Å². The lowest BCUT2D eigenvalue weighted by atomic mass is 10.3. The molecule has 0 atom stereocenters. The zero-order valence-electron chi connectivity index (χ0n) is 10.0. The lowest BCUT2D eigenvalue weighted by Gasteiger charge is -2.11. The molecule has 0 aliphatic carbocycles. The van der Waals surface area contributed by atoms with E-state index in [1.165, 1.54) is 13.0 Å². The molecule has 9 heteroatoms. The molecule has 0 bridgehead atoms. The van der Waals surface area contributed by atoms with Crippen LogP contribution >= 0.6 is 31.9 Å². The predicted octanol–water partition coefficient (Wildman–Crippen LogP) is 1.21. The first-order valence-corrected chi connectivity index (χ1v) is 8.29. The van der Waals surface area contributed by atoms with Crippen molar-refractivity contribution in [3.8, 4) is 0 Å². The van der Waals surface area contributed by atoms with Crippen molar-refractivity contribution < 1.29 is 13.2 Å². The number of halogens is 2. The van der Waals surface area contributed by atoms with Crippen LogP contribution in [0.15, 0.2) is 26.0 Å². The minimum Gasteiger partial charge on any atom is -0.398 e. The molecular weight excluding hydrogens is 402 g/mol. The summed E-state index contributed by atoms with van der Waals surface area (Å²) in [6.45, 7) is 1.66. The largest absolute Gasteiger partial charge is 0.398 e. The number of hydrogen-bond acceptors (Lipinski definition) is 4. The molecule has 0 radical (unpaired) electrons. The number of rotatable bonds is 5. The third-order valence-electron chi connectivity index (χ3n) is 2.10. The molecule has 1 amide bonds. The van der Waals surface area contributed by atoms with Crippen LogP contribution in [0.5, 0.6) is 0 Å². The maximum Gasteiger partial charge on any atom is 0.243 e. The van der Waals surface area contributed by atoms with Crippen molar-refractivity contribution in [2.24, 2.45) is 0 Å². The summed E-state index contributed by atoms with van der Waals surface area (Å²) in [7, 11) is -3.73. The van der Waals surface area contributed by atoms with Crippen LogP contribution in [0.3, 0.4) is 0 Å². The molecule has 0 saturated heterocycles. The summed E-state index contributed by atoms with van der Waals surface area (Å²) < 4.78 is 27.6. The van der Waals surface area contributed by atoms with Crippen LogP contribution in [0.2, 0.25) is 0 Å². The topological polar surface area (TPSA) is 101 Å². The minimum atomic E-state index is -3.73. The van der Waals surface area contributed by atoms with Gasteiger partial charge in [0.25, 0.3) is 0 Å². The van der Waals surface area contributed by atoms with E-state index in [1.54, 1.807) is 6.07 Å². The molecule has 4 N–H and O–H groups in total. The maximum absolute atomic E-state index is 12.1. The number of hydrogen-bond donors (Lipinski definition) is 3. The number of nitrogens with one attached hydrogen (secondary N) is 2. The number of anilines is 1. The number of sulfonamides is 1. The quantitative estimate of drug-likeness (QED) is 0.497. The van der Waals surface area contributed by atoms with Gasteiger partial charge in [0, 0.05) is 29.0 Å². The highest BCUT2D eigenvalue weighted by Gasteiger charge is 2.21. The zero-order valence-corrected chi connectivity index (χ0v) is 14.0. The standard InChI is InChI=1S/C10H13Br2N3O3S/c1-6(16)14-2-3-15-19(17,18)10-8(12)4-7(11)5-9(10)13/h4-5,15H,2-3,13H2,1H3,(H,14,16). The minimum absolute atomic E-state index is 0.0153. The lowest BCUT2D eigenvalue weighted by molar-refractivity contribution is -0.118. The van der Waals surface area contributed by atoms with Gasteiger partial charge in [0.1, 0.15) is 4.90 Å². The summed E-state index contributed by atoms with van der Waals surface area (Å²) in [5.74, 6) is -0.219. The van der Waals surface area contributed by atoms with Crippen molar-refractivity contribution in [2.75, 3.05) is 18.8 Å². The molecule has 1 rings (SSSR count). The molecule has 106 valence electrons. The average molecular weight is 415 g/mol. The number of amides is 1.